The third-order valence-electron chi connectivity index (χ3n) is 6.43. The number of nitrogens with zero attached hydrogens (tertiary/aromatic N) is 2. The fraction of sp³-hybridized carbons (Fsp3) is 0.355. The molecule has 0 aromatic heterocycles. The standard InChI is InChI=1S/C31H38ClN3O4S/c1-7-27(30(37)33-31(4,5)6)34(20-24-13-11-12-16-26(24)32)29(36)21-35(28-19-22(2)17-18-23(28)3)40(38,39)25-14-9-8-10-15-25/h8-19,27H,7,20-21H2,1-6H3,(H,33,37). The van der Waals surface area contributed by atoms with Crippen LogP contribution >= 0.6 is 11.6 Å². The molecule has 0 spiro atoms. The molecule has 0 bridgehead atoms. The first-order valence-corrected chi connectivity index (χ1v) is 15.1. The third-order valence-corrected chi connectivity index (χ3v) is 8.57. The fourth-order valence-corrected chi connectivity index (χ4v) is 6.09. The molecular weight excluding hydrogens is 546 g/mol. The summed E-state index contributed by atoms with van der Waals surface area (Å²) in [5, 5.41) is 3.42. The Morgan fingerprint density at radius 1 is 0.950 bits per heavy atom. The van der Waals surface area contributed by atoms with Crippen LogP contribution in [0.1, 0.15) is 50.8 Å². The van der Waals surface area contributed by atoms with Gasteiger partial charge in [0.1, 0.15) is 12.6 Å². The zero-order chi connectivity index (χ0) is 29.7. The third kappa shape index (κ3) is 7.64. The summed E-state index contributed by atoms with van der Waals surface area (Å²) in [6.07, 6.45) is 0.326. The molecule has 7 nitrogen and oxygen atoms in total. The molecule has 2 amide bonds. The summed E-state index contributed by atoms with van der Waals surface area (Å²) in [4.78, 5) is 29.1. The van der Waals surface area contributed by atoms with E-state index in [0.717, 1.165) is 9.87 Å². The topological polar surface area (TPSA) is 86.8 Å². The number of hydrogen-bond acceptors (Lipinski definition) is 4. The van der Waals surface area contributed by atoms with E-state index in [1.807, 2.05) is 52.8 Å². The Kier molecular flexibility index (Phi) is 10.0. The molecule has 1 N–H and O–H groups in total. The van der Waals surface area contributed by atoms with Crippen molar-refractivity contribution in [2.24, 2.45) is 0 Å². The molecule has 1 atom stereocenters. The van der Waals surface area contributed by atoms with Crippen molar-refractivity contribution in [1.29, 1.82) is 0 Å². The number of carbonyl (C=O) groups is 2. The van der Waals surface area contributed by atoms with Gasteiger partial charge in [0.25, 0.3) is 10.0 Å². The van der Waals surface area contributed by atoms with E-state index in [9.17, 15) is 18.0 Å². The number of carbonyl (C=O) groups excluding carboxylic acids is 2. The van der Waals surface area contributed by atoms with Gasteiger partial charge in [-0.3, -0.25) is 13.9 Å². The Labute approximate surface area is 243 Å². The summed E-state index contributed by atoms with van der Waals surface area (Å²) in [6.45, 7) is 10.6. The molecule has 40 heavy (non-hydrogen) atoms. The van der Waals surface area contributed by atoms with Gasteiger partial charge in [0.2, 0.25) is 11.8 Å². The van der Waals surface area contributed by atoms with Crippen LogP contribution in [-0.4, -0.2) is 43.3 Å². The van der Waals surface area contributed by atoms with Gasteiger partial charge in [-0.25, -0.2) is 8.42 Å². The highest BCUT2D eigenvalue weighted by atomic mass is 35.5. The highest BCUT2D eigenvalue weighted by Gasteiger charge is 2.35. The minimum absolute atomic E-state index is 0.0423. The number of aryl methyl sites for hydroxylation is 2. The Morgan fingerprint density at radius 3 is 2.17 bits per heavy atom. The summed E-state index contributed by atoms with van der Waals surface area (Å²) in [5.41, 5.74) is 2.09. The second kappa shape index (κ2) is 12.9. The van der Waals surface area contributed by atoms with Crippen LogP contribution in [0.4, 0.5) is 5.69 Å². The second-order valence-corrected chi connectivity index (χ2v) is 13.2. The van der Waals surface area contributed by atoms with E-state index < -0.39 is 34.1 Å². The molecule has 9 heteroatoms. The average molecular weight is 584 g/mol. The quantitative estimate of drug-likeness (QED) is 0.323. The fourth-order valence-electron chi connectivity index (χ4n) is 4.40. The van der Waals surface area contributed by atoms with E-state index >= 15 is 0 Å². The molecule has 0 heterocycles. The van der Waals surface area contributed by atoms with Gasteiger partial charge < -0.3 is 10.2 Å². The lowest BCUT2D eigenvalue weighted by Gasteiger charge is -2.35. The molecule has 214 valence electrons. The van der Waals surface area contributed by atoms with Crippen molar-refractivity contribution in [2.45, 2.75) is 71.0 Å². The highest BCUT2D eigenvalue weighted by molar-refractivity contribution is 7.92. The van der Waals surface area contributed by atoms with E-state index in [4.69, 9.17) is 11.6 Å². The van der Waals surface area contributed by atoms with Gasteiger partial charge in [-0.05, 0) is 82.0 Å². The molecule has 0 aliphatic rings. The molecule has 3 aromatic rings. The number of hydrogen-bond donors (Lipinski definition) is 1. The highest BCUT2D eigenvalue weighted by Crippen LogP contribution is 2.29. The van der Waals surface area contributed by atoms with Crippen molar-refractivity contribution in [1.82, 2.24) is 10.2 Å². The maximum absolute atomic E-state index is 14.2. The maximum Gasteiger partial charge on any atom is 0.264 e. The Balaban J connectivity index is 2.12. The molecule has 0 saturated carbocycles. The molecule has 0 fully saturated rings. The van der Waals surface area contributed by atoms with Crippen LogP contribution in [0.5, 0.6) is 0 Å². The van der Waals surface area contributed by atoms with E-state index in [1.165, 1.54) is 17.0 Å². The number of rotatable bonds is 10. The first-order chi connectivity index (χ1) is 18.7. The van der Waals surface area contributed by atoms with Gasteiger partial charge in [0.05, 0.1) is 10.6 Å². The monoisotopic (exact) mass is 583 g/mol. The molecule has 0 saturated heterocycles. The number of nitrogens with one attached hydrogen (secondary N) is 1. The van der Waals surface area contributed by atoms with Crippen molar-refractivity contribution in [3.05, 3.63) is 94.5 Å². The number of amides is 2. The molecule has 3 rings (SSSR count). The summed E-state index contributed by atoms with van der Waals surface area (Å²) < 4.78 is 29.1. The molecule has 3 aromatic carbocycles. The zero-order valence-electron chi connectivity index (χ0n) is 23.9. The number of halogens is 1. The number of benzene rings is 3. The zero-order valence-corrected chi connectivity index (χ0v) is 25.5. The smallest absolute Gasteiger partial charge is 0.264 e. The lowest BCUT2D eigenvalue weighted by Crippen LogP contribution is -2.55. The van der Waals surface area contributed by atoms with E-state index in [2.05, 4.69) is 5.32 Å². The molecule has 0 aliphatic heterocycles. The van der Waals surface area contributed by atoms with Crippen molar-refractivity contribution >= 4 is 39.1 Å². The van der Waals surface area contributed by atoms with Crippen LogP contribution in [0, 0.1) is 13.8 Å². The van der Waals surface area contributed by atoms with Crippen molar-refractivity contribution in [2.75, 3.05) is 10.8 Å². The number of sulfonamides is 1. The molecule has 0 radical (unpaired) electrons. The van der Waals surface area contributed by atoms with Crippen LogP contribution in [-0.2, 0) is 26.2 Å². The Hall–Kier alpha value is -3.36. The van der Waals surface area contributed by atoms with Crippen LogP contribution < -0.4 is 9.62 Å². The predicted molar refractivity (Wildman–Crippen MR) is 161 cm³/mol. The van der Waals surface area contributed by atoms with Crippen molar-refractivity contribution in [3.8, 4) is 0 Å². The van der Waals surface area contributed by atoms with E-state index in [0.29, 0.717) is 28.3 Å². The number of anilines is 1. The summed E-state index contributed by atoms with van der Waals surface area (Å²) in [6, 6.07) is 19.8. The lowest BCUT2D eigenvalue weighted by atomic mass is 10.1. The summed E-state index contributed by atoms with van der Waals surface area (Å²) in [7, 11) is -4.13. The molecular formula is C31H38ClN3O4S. The largest absolute Gasteiger partial charge is 0.350 e. The van der Waals surface area contributed by atoms with Crippen LogP contribution in [0.3, 0.4) is 0 Å². The predicted octanol–water partition coefficient (Wildman–Crippen LogP) is 5.87. The van der Waals surface area contributed by atoms with Gasteiger partial charge in [0, 0.05) is 17.1 Å². The van der Waals surface area contributed by atoms with Gasteiger partial charge in [0.15, 0.2) is 0 Å². The first-order valence-electron chi connectivity index (χ1n) is 13.2. The molecule has 1 unspecified atom stereocenters. The van der Waals surface area contributed by atoms with Gasteiger partial charge >= 0.3 is 0 Å². The maximum atomic E-state index is 14.2. The van der Waals surface area contributed by atoms with Crippen LogP contribution in [0.2, 0.25) is 5.02 Å². The SMILES string of the molecule is CCC(C(=O)NC(C)(C)C)N(Cc1ccccc1Cl)C(=O)CN(c1cc(C)ccc1C)S(=O)(=O)c1ccccc1. The first kappa shape index (κ1) is 31.2. The Bertz CT molecular complexity index is 1450. The van der Waals surface area contributed by atoms with Crippen LogP contribution in [0.25, 0.3) is 0 Å². The van der Waals surface area contributed by atoms with E-state index in [-0.39, 0.29) is 17.3 Å². The minimum Gasteiger partial charge on any atom is -0.350 e. The van der Waals surface area contributed by atoms with E-state index in [1.54, 1.807) is 49.4 Å². The summed E-state index contributed by atoms with van der Waals surface area (Å²) >= 11 is 6.45. The van der Waals surface area contributed by atoms with Gasteiger partial charge in [-0.1, -0.05) is 67.1 Å². The average Bonchev–Trinajstić information content (AvgIpc) is 2.89. The van der Waals surface area contributed by atoms with Gasteiger partial charge in [-0.2, -0.15) is 0 Å². The van der Waals surface area contributed by atoms with Crippen molar-refractivity contribution < 1.29 is 18.0 Å². The normalized spacial score (nSPS) is 12.5. The lowest BCUT2D eigenvalue weighted by molar-refractivity contribution is -0.141. The summed E-state index contributed by atoms with van der Waals surface area (Å²) in [5.74, 6) is -0.837. The molecule has 0 aliphatic carbocycles. The second-order valence-electron chi connectivity index (χ2n) is 10.9. The minimum atomic E-state index is -4.13. The Morgan fingerprint density at radius 2 is 1.57 bits per heavy atom. The van der Waals surface area contributed by atoms with Crippen LogP contribution in [0.15, 0.2) is 77.7 Å². The van der Waals surface area contributed by atoms with Gasteiger partial charge in [-0.15, -0.1) is 0 Å². The van der Waals surface area contributed by atoms with Crippen molar-refractivity contribution in [3.63, 3.8) is 0 Å².